The lowest BCUT2D eigenvalue weighted by Gasteiger charge is -2.14. The first-order chi connectivity index (χ1) is 8.79. The first-order valence-electron chi connectivity index (χ1n) is 6.53. The lowest BCUT2D eigenvalue weighted by Crippen LogP contribution is -2.25. The van der Waals surface area contributed by atoms with Crippen molar-refractivity contribution in [2.75, 3.05) is 18.5 Å². The first kappa shape index (κ1) is 12.9. The van der Waals surface area contributed by atoms with E-state index < -0.39 is 0 Å². The highest BCUT2D eigenvalue weighted by Gasteiger charge is 2.26. The van der Waals surface area contributed by atoms with Gasteiger partial charge in [-0.1, -0.05) is 25.1 Å². The van der Waals surface area contributed by atoms with E-state index >= 15 is 0 Å². The summed E-state index contributed by atoms with van der Waals surface area (Å²) >= 11 is 0. The van der Waals surface area contributed by atoms with Gasteiger partial charge in [0.25, 0.3) is 0 Å². The van der Waals surface area contributed by atoms with Gasteiger partial charge in [-0.15, -0.1) is 0 Å². The quantitative estimate of drug-likeness (QED) is 0.633. The highest BCUT2D eigenvalue weighted by atomic mass is 16.5. The van der Waals surface area contributed by atoms with Gasteiger partial charge in [-0.05, 0) is 25.0 Å². The number of hydrogen-bond donors (Lipinski definition) is 2. The van der Waals surface area contributed by atoms with Crippen LogP contribution in [0.5, 0.6) is 0 Å². The van der Waals surface area contributed by atoms with Crippen molar-refractivity contribution in [3.8, 4) is 0 Å². The Morgan fingerprint density at radius 2 is 2.22 bits per heavy atom. The molecule has 0 radical (unpaired) electrons. The van der Waals surface area contributed by atoms with Crippen molar-refractivity contribution < 1.29 is 4.74 Å². The second kappa shape index (κ2) is 6.40. The molecule has 1 saturated heterocycles. The molecule has 1 aromatic rings. The van der Waals surface area contributed by atoms with Crippen molar-refractivity contribution in [1.29, 1.82) is 0 Å². The number of rotatable bonds is 4. The van der Waals surface area contributed by atoms with Crippen LogP contribution in [0.15, 0.2) is 35.3 Å². The normalized spacial score (nSPS) is 24.2. The van der Waals surface area contributed by atoms with E-state index in [0.717, 1.165) is 31.7 Å². The fraction of sp³-hybridized carbons (Fsp3) is 0.500. The summed E-state index contributed by atoms with van der Waals surface area (Å²) in [6.07, 6.45) is 2.48. The summed E-state index contributed by atoms with van der Waals surface area (Å²) in [6, 6.07) is 9.84. The average Bonchev–Trinajstić information content (AvgIpc) is 2.85. The molecule has 2 atom stereocenters. The molecular formula is C14H21N3O. The molecule has 1 aliphatic heterocycles. The smallest absolute Gasteiger partial charge is 0.193 e. The third-order valence-electron chi connectivity index (χ3n) is 3.29. The first-order valence-corrected chi connectivity index (χ1v) is 6.53. The van der Waals surface area contributed by atoms with Gasteiger partial charge in [0.05, 0.1) is 6.10 Å². The zero-order valence-electron chi connectivity index (χ0n) is 10.8. The number of aliphatic imine (C=N–C) groups is 1. The third kappa shape index (κ3) is 3.47. The number of ether oxygens (including phenoxy) is 1. The molecule has 1 heterocycles. The molecule has 0 amide bonds. The molecule has 0 aromatic heterocycles. The molecule has 2 unspecified atom stereocenters. The molecule has 1 fully saturated rings. The molecule has 1 aliphatic rings. The van der Waals surface area contributed by atoms with Gasteiger partial charge in [0.1, 0.15) is 0 Å². The lowest BCUT2D eigenvalue weighted by molar-refractivity contribution is 0.0893. The van der Waals surface area contributed by atoms with Crippen LogP contribution in [0.25, 0.3) is 0 Å². The second-order valence-electron chi connectivity index (χ2n) is 4.58. The van der Waals surface area contributed by atoms with Gasteiger partial charge in [-0.25, -0.2) is 0 Å². The third-order valence-corrected chi connectivity index (χ3v) is 3.29. The molecule has 0 aliphatic carbocycles. The minimum absolute atomic E-state index is 0.346. The van der Waals surface area contributed by atoms with Gasteiger partial charge in [0.15, 0.2) is 5.96 Å². The molecule has 4 heteroatoms. The molecule has 0 spiro atoms. The largest absolute Gasteiger partial charge is 0.378 e. The molecule has 0 bridgehead atoms. The highest BCUT2D eigenvalue weighted by Crippen LogP contribution is 2.23. The Hall–Kier alpha value is -1.55. The van der Waals surface area contributed by atoms with E-state index in [9.17, 15) is 0 Å². The maximum Gasteiger partial charge on any atom is 0.193 e. The second-order valence-corrected chi connectivity index (χ2v) is 4.58. The fourth-order valence-corrected chi connectivity index (χ4v) is 2.28. The van der Waals surface area contributed by atoms with Crippen LogP contribution in [-0.2, 0) is 4.74 Å². The van der Waals surface area contributed by atoms with Crippen molar-refractivity contribution in [3.63, 3.8) is 0 Å². The predicted octanol–water partition coefficient (Wildman–Crippen LogP) is 2.23. The Labute approximate surface area is 108 Å². The minimum atomic E-state index is 0.346. The van der Waals surface area contributed by atoms with Crippen LogP contribution in [-0.4, -0.2) is 25.2 Å². The van der Waals surface area contributed by atoms with E-state index in [4.69, 9.17) is 10.5 Å². The van der Waals surface area contributed by atoms with E-state index in [1.165, 1.54) is 0 Å². The Kier molecular flexibility index (Phi) is 4.59. The number of benzene rings is 1. The number of nitrogens with zero attached hydrogens (tertiary/aromatic N) is 1. The monoisotopic (exact) mass is 247 g/mol. The molecule has 18 heavy (non-hydrogen) atoms. The molecule has 2 rings (SSSR count). The van der Waals surface area contributed by atoms with Crippen LogP contribution in [0, 0.1) is 5.92 Å². The van der Waals surface area contributed by atoms with E-state index in [0.29, 0.717) is 18.0 Å². The fourth-order valence-electron chi connectivity index (χ4n) is 2.28. The van der Waals surface area contributed by atoms with Gasteiger partial charge in [-0.3, -0.25) is 4.99 Å². The van der Waals surface area contributed by atoms with Gasteiger partial charge in [0, 0.05) is 24.8 Å². The highest BCUT2D eigenvalue weighted by molar-refractivity contribution is 5.92. The Bertz CT molecular complexity index is 391. The van der Waals surface area contributed by atoms with E-state index in [1.54, 1.807) is 0 Å². The Morgan fingerprint density at radius 1 is 1.44 bits per heavy atom. The van der Waals surface area contributed by atoms with Crippen LogP contribution in [0.2, 0.25) is 0 Å². The number of nitrogens with one attached hydrogen (secondary N) is 1. The van der Waals surface area contributed by atoms with E-state index in [1.807, 2.05) is 30.3 Å². The number of nitrogens with two attached hydrogens (primary N) is 1. The van der Waals surface area contributed by atoms with Crippen molar-refractivity contribution in [2.24, 2.45) is 16.6 Å². The average molecular weight is 247 g/mol. The van der Waals surface area contributed by atoms with Crippen LogP contribution >= 0.6 is 0 Å². The lowest BCUT2D eigenvalue weighted by atomic mass is 10.0. The summed E-state index contributed by atoms with van der Waals surface area (Å²) in [6.45, 7) is 3.74. The van der Waals surface area contributed by atoms with Crippen LogP contribution < -0.4 is 11.1 Å². The zero-order valence-corrected chi connectivity index (χ0v) is 10.8. The van der Waals surface area contributed by atoms with Gasteiger partial charge < -0.3 is 15.8 Å². The van der Waals surface area contributed by atoms with Crippen molar-refractivity contribution in [1.82, 2.24) is 0 Å². The summed E-state index contributed by atoms with van der Waals surface area (Å²) in [5.74, 6) is 0.981. The number of anilines is 1. The summed E-state index contributed by atoms with van der Waals surface area (Å²) in [5, 5.41) is 3.09. The Balaban J connectivity index is 1.85. The molecule has 4 nitrogen and oxygen atoms in total. The number of para-hydroxylation sites is 1. The van der Waals surface area contributed by atoms with Crippen LogP contribution in [0.3, 0.4) is 0 Å². The summed E-state index contributed by atoms with van der Waals surface area (Å²) in [7, 11) is 0. The molecule has 0 saturated carbocycles. The van der Waals surface area contributed by atoms with Gasteiger partial charge >= 0.3 is 0 Å². The van der Waals surface area contributed by atoms with Crippen LogP contribution in [0.4, 0.5) is 5.69 Å². The van der Waals surface area contributed by atoms with Gasteiger partial charge in [-0.2, -0.15) is 0 Å². The van der Waals surface area contributed by atoms with Crippen molar-refractivity contribution in [2.45, 2.75) is 25.9 Å². The molecule has 98 valence electrons. The zero-order chi connectivity index (χ0) is 12.8. The SMILES string of the molecule is CCC1OCCC1CN=C(N)Nc1ccccc1. The van der Waals surface area contributed by atoms with Gasteiger partial charge in [0.2, 0.25) is 0 Å². The maximum atomic E-state index is 5.87. The number of hydrogen-bond acceptors (Lipinski definition) is 2. The Morgan fingerprint density at radius 3 is 2.94 bits per heavy atom. The molecule has 1 aromatic carbocycles. The van der Waals surface area contributed by atoms with Crippen molar-refractivity contribution >= 4 is 11.6 Å². The molecular weight excluding hydrogens is 226 g/mol. The predicted molar refractivity (Wildman–Crippen MR) is 74.7 cm³/mol. The van der Waals surface area contributed by atoms with E-state index in [2.05, 4.69) is 17.2 Å². The summed E-state index contributed by atoms with van der Waals surface area (Å²) < 4.78 is 5.63. The summed E-state index contributed by atoms with van der Waals surface area (Å²) in [4.78, 5) is 4.40. The summed E-state index contributed by atoms with van der Waals surface area (Å²) in [5.41, 5.74) is 6.83. The molecule has 3 N–H and O–H groups in total. The minimum Gasteiger partial charge on any atom is -0.378 e. The van der Waals surface area contributed by atoms with Crippen LogP contribution in [0.1, 0.15) is 19.8 Å². The van der Waals surface area contributed by atoms with Crippen molar-refractivity contribution in [3.05, 3.63) is 30.3 Å². The maximum absolute atomic E-state index is 5.87. The standard InChI is InChI=1S/C14H21N3O/c1-2-13-11(8-9-18-13)10-16-14(15)17-12-6-4-3-5-7-12/h3-7,11,13H,2,8-10H2,1H3,(H3,15,16,17). The topological polar surface area (TPSA) is 59.6 Å². The van der Waals surface area contributed by atoms with E-state index in [-0.39, 0.29) is 0 Å². The number of guanidine groups is 1.